The summed E-state index contributed by atoms with van der Waals surface area (Å²) >= 11 is 0. The summed E-state index contributed by atoms with van der Waals surface area (Å²) in [4.78, 5) is 35.2. The van der Waals surface area contributed by atoms with Gasteiger partial charge in [-0.3, -0.25) is 14.4 Å². The van der Waals surface area contributed by atoms with Crippen molar-refractivity contribution in [1.29, 1.82) is 0 Å². The highest BCUT2D eigenvalue weighted by molar-refractivity contribution is 5.96. The van der Waals surface area contributed by atoms with Gasteiger partial charge in [0.2, 0.25) is 11.8 Å². The molecule has 0 heterocycles. The second-order valence-electron chi connectivity index (χ2n) is 5.73. The van der Waals surface area contributed by atoms with Crippen molar-refractivity contribution in [2.45, 2.75) is 32.6 Å². The first-order chi connectivity index (χ1) is 12.1. The minimum atomic E-state index is -0.213. The number of Topliss-reactive ketones (excluding diaryl/α,β-unsaturated/α-hetero) is 1. The second kappa shape index (κ2) is 9.37. The summed E-state index contributed by atoms with van der Waals surface area (Å²) in [6, 6.07) is 16.4. The lowest BCUT2D eigenvalue weighted by molar-refractivity contribution is -0.122. The summed E-state index contributed by atoms with van der Waals surface area (Å²) in [5.41, 5.74) is 2.14. The van der Waals surface area contributed by atoms with Gasteiger partial charge in [0.15, 0.2) is 0 Å². The van der Waals surface area contributed by atoms with Gasteiger partial charge in [0.05, 0.1) is 6.42 Å². The minimum Gasteiger partial charge on any atom is -0.326 e. The molecule has 0 bridgehead atoms. The van der Waals surface area contributed by atoms with E-state index in [1.54, 1.807) is 31.2 Å². The SMILES string of the molecule is CCC(=O)CCC(=O)Nc1cccc(NC(=O)Cc2ccccc2)c1. The molecule has 0 aromatic heterocycles. The van der Waals surface area contributed by atoms with E-state index in [1.165, 1.54) is 0 Å². The maximum absolute atomic E-state index is 12.1. The van der Waals surface area contributed by atoms with Crippen molar-refractivity contribution in [1.82, 2.24) is 0 Å². The van der Waals surface area contributed by atoms with Crippen molar-refractivity contribution < 1.29 is 14.4 Å². The van der Waals surface area contributed by atoms with Crippen LogP contribution in [0.15, 0.2) is 54.6 Å². The van der Waals surface area contributed by atoms with Gasteiger partial charge in [0, 0.05) is 30.6 Å². The molecule has 2 aromatic rings. The Bertz CT molecular complexity index is 742. The Balaban J connectivity index is 1.88. The molecule has 5 nitrogen and oxygen atoms in total. The molecule has 0 saturated heterocycles. The number of benzene rings is 2. The van der Waals surface area contributed by atoms with Crippen molar-refractivity contribution in [2.24, 2.45) is 0 Å². The molecular formula is C20H22N2O3. The number of amides is 2. The zero-order valence-corrected chi connectivity index (χ0v) is 14.2. The van der Waals surface area contributed by atoms with E-state index in [0.29, 0.717) is 17.8 Å². The van der Waals surface area contributed by atoms with Gasteiger partial charge in [-0.25, -0.2) is 0 Å². The van der Waals surface area contributed by atoms with Gasteiger partial charge in [-0.15, -0.1) is 0 Å². The van der Waals surface area contributed by atoms with Crippen molar-refractivity contribution in [3.8, 4) is 0 Å². The average molecular weight is 338 g/mol. The number of hydrogen-bond donors (Lipinski definition) is 2. The fourth-order valence-electron chi connectivity index (χ4n) is 2.31. The monoisotopic (exact) mass is 338 g/mol. The Labute approximate surface area is 147 Å². The average Bonchev–Trinajstić information content (AvgIpc) is 2.60. The van der Waals surface area contributed by atoms with Gasteiger partial charge in [-0.2, -0.15) is 0 Å². The van der Waals surface area contributed by atoms with Crippen molar-refractivity contribution >= 4 is 29.0 Å². The van der Waals surface area contributed by atoms with Crippen LogP contribution in [0.25, 0.3) is 0 Å². The summed E-state index contributed by atoms with van der Waals surface area (Å²) in [6.45, 7) is 1.78. The van der Waals surface area contributed by atoms with Crippen LogP contribution in [-0.4, -0.2) is 17.6 Å². The van der Waals surface area contributed by atoms with Crippen molar-refractivity contribution in [3.05, 3.63) is 60.2 Å². The Morgan fingerprint density at radius 2 is 1.44 bits per heavy atom. The summed E-state index contributed by atoms with van der Waals surface area (Å²) in [5, 5.41) is 5.56. The highest BCUT2D eigenvalue weighted by Crippen LogP contribution is 2.16. The minimum absolute atomic E-state index is 0.0667. The topological polar surface area (TPSA) is 75.3 Å². The molecule has 0 unspecified atom stereocenters. The fourth-order valence-corrected chi connectivity index (χ4v) is 2.31. The maximum atomic E-state index is 12.1. The molecular weight excluding hydrogens is 316 g/mol. The molecule has 0 radical (unpaired) electrons. The fraction of sp³-hybridized carbons (Fsp3) is 0.250. The molecule has 2 amide bonds. The van der Waals surface area contributed by atoms with E-state index in [4.69, 9.17) is 0 Å². The molecule has 2 N–H and O–H groups in total. The smallest absolute Gasteiger partial charge is 0.228 e. The normalized spacial score (nSPS) is 10.1. The van der Waals surface area contributed by atoms with Crippen LogP contribution in [0.5, 0.6) is 0 Å². The summed E-state index contributed by atoms with van der Waals surface area (Å²) in [6.07, 6.45) is 1.14. The first-order valence-electron chi connectivity index (χ1n) is 8.32. The first kappa shape index (κ1) is 18.4. The third kappa shape index (κ3) is 6.59. The molecule has 5 heteroatoms. The molecule has 130 valence electrons. The number of hydrogen-bond acceptors (Lipinski definition) is 3. The van der Waals surface area contributed by atoms with E-state index in [1.807, 2.05) is 30.3 Å². The van der Waals surface area contributed by atoms with Crippen LogP contribution >= 0.6 is 0 Å². The van der Waals surface area contributed by atoms with Crippen LogP contribution in [-0.2, 0) is 20.8 Å². The standard InChI is InChI=1S/C20H22N2O3/c1-2-18(23)11-12-19(24)21-16-9-6-10-17(14-16)22-20(25)13-15-7-4-3-5-8-15/h3-10,14H,2,11-13H2,1H3,(H,21,24)(H,22,25). The van der Waals surface area contributed by atoms with Crippen molar-refractivity contribution in [2.75, 3.05) is 10.6 Å². The highest BCUT2D eigenvalue weighted by Gasteiger charge is 2.08. The van der Waals surface area contributed by atoms with Gasteiger partial charge in [0.25, 0.3) is 0 Å². The van der Waals surface area contributed by atoms with Crippen LogP contribution < -0.4 is 10.6 Å². The van der Waals surface area contributed by atoms with E-state index in [0.717, 1.165) is 5.56 Å². The largest absolute Gasteiger partial charge is 0.326 e. The number of rotatable bonds is 8. The Morgan fingerprint density at radius 1 is 0.800 bits per heavy atom. The van der Waals surface area contributed by atoms with Crippen LogP contribution in [0.1, 0.15) is 31.7 Å². The quantitative estimate of drug-likeness (QED) is 0.773. The van der Waals surface area contributed by atoms with E-state index in [2.05, 4.69) is 10.6 Å². The van der Waals surface area contributed by atoms with Gasteiger partial charge < -0.3 is 10.6 Å². The molecule has 0 aliphatic rings. The number of anilines is 2. The van der Waals surface area contributed by atoms with Crippen LogP contribution in [0, 0.1) is 0 Å². The molecule has 0 saturated carbocycles. The van der Waals surface area contributed by atoms with Gasteiger partial charge in [0.1, 0.15) is 5.78 Å². The van der Waals surface area contributed by atoms with Crippen molar-refractivity contribution in [3.63, 3.8) is 0 Å². The number of ketones is 1. The molecule has 0 fully saturated rings. The Morgan fingerprint density at radius 3 is 2.08 bits per heavy atom. The molecule has 0 atom stereocenters. The predicted molar refractivity (Wildman–Crippen MR) is 98.4 cm³/mol. The number of nitrogens with one attached hydrogen (secondary N) is 2. The van der Waals surface area contributed by atoms with Gasteiger partial charge in [-0.05, 0) is 23.8 Å². The molecule has 2 rings (SSSR count). The van der Waals surface area contributed by atoms with Crippen LogP contribution in [0.3, 0.4) is 0 Å². The maximum Gasteiger partial charge on any atom is 0.228 e. The van der Waals surface area contributed by atoms with Crippen LogP contribution in [0.4, 0.5) is 11.4 Å². The summed E-state index contributed by atoms with van der Waals surface area (Å²) in [7, 11) is 0. The lowest BCUT2D eigenvalue weighted by Gasteiger charge is -2.09. The molecule has 0 spiro atoms. The van der Waals surface area contributed by atoms with E-state index < -0.39 is 0 Å². The Kier molecular flexibility index (Phi) is 6.89. The zero-order chi connectivity index (χ0) is 18.1. The van der Waals surface area contributed by atoms with E-state index >= 15 is 0 Å². The lowest BCUT2D eigenvalue weighted by Crippen LogP contribution is -2.15. The molecule has 0 aliphatic carbocycles. The molecule has 0 aliphatic heterocycles. The lowest BCUT2D eigenvalue weighted by atomic mass is 10.1. The first-order valence-corrected chi connectivity index (χ1v) is 8.32. The van der Waals surface area contributed by atoms with E-state index in [9.17, 15) is 14.4 Å². The van der Waals surface area contributed by atoms with Crippen LogP contribution in [0.2, 0.25) is 0 Å². The van der Waals surface area contributed by atoms with E-state index in [-0.39, 0.29) is 36.9 Å². The van der Waals surface area contributed by atoms with Gasteiger partial charge >= 0.3 is 0 Å². The highest BCUT2D eigenvalue weighted by atomic mass is 16.2. The third-order valence-electron chi connectivity index (χ3n) is 3.66. The van der Waals surface area contributed by atoms with Gasteiger partial charge in [-0.1, -0.05) is 43.3 Å². The predicted octanol–water partition coefficient (Wildman–Crippen LogP) is 3.57. The number of carbonyl (C=O) groups excluding carboxylic acids is 3. The number of carbonyl (C=O) groups is 3. The molecule has 25 heavy (non-hydrogen) atoms. The summed E-state index contributed by atoms with van der Waals surface area (Å²) in [5.74, 6) is -0.269. The zero-order valence-electron chi connectivity index (χ0n) is 14.2. The summed E-state index contributed by atoms with van der Waals surface area (Å²) < 4.78 is 0. The molecule has 2 aromatic carbocycles. The Hall–Kier alpha value is -2.95. The second-order valence-corrected chi connectivity index (χ2v) is 5.73. The third-order valence-corrected chi connectivity index (χ3v) is 3.66.